The number of piperidine rings is 1. The highest BCUT2D eigenvalue weighted by molar-refractivity contribution is 5.66. The van der Waals surface area contributed by atoms with Gasteiger partial charge in [0.25, 0.3) is 0 Å². The highest BCUT2D eigenvalue weighted by atomic mass is 19.4. The van der Waals surface area contributed by atoms with Crippen molar-refractivity contribution in [2.45, 2.75) is 44.3 Å². The van der Waals surface area contributed by atoms with Gasteiger partial charge in [-0.25, -0.2) is 0 Å². The van der Waals surface area contributed by atoms with Gasteiger partial charge in [-0.2, -0.15) is 13.2 Å². The third-order valence-corrected chi connectivity index (χ3v) is 5.65. The highest BCUT2D eigenvalue weighted by Crippen LogP contribution is 2.35. The third-order valence-electron chi connectivity index (χ3n) is 5.65. The second kappa shape index (κ2) is 7.02. The number of piperazine rings is 1. The van der Waals surface area contributed by atoms with Crippen LogP contribution in [0.25, 0.3) is 5.57 Å². The zero-order chi connectivity index (χ0) is 18.1. The Morgan fingerprint density at radius 3 is 2.54 bits per heavy atom. The molecule has 1 aliphatic carbocycles. The lowest BCUT2D eigenvalue weighted by atomic mass is 9.96. The van der Waals surface area contributed by atoms with E-state index < -0.39 is 11.7 Å². The normalized spacial score (nSPS) is 24.7. The molecule has 1 atom stereocenters. The van der Waals surface area contributed by atoms with Crippen molar-refractivity contribution in [3.8, 4) is 0 Å². The van der Waals surface area contributed by atoms with Crippen molar-refractivity contribution >= 4 is 11.4 Å². The summed E-state index contributed by atoms with van der Waals surface area (Å²) in [5.74, 6) is 0.863. The summed E-state index contributed by atoms with van der Waals surface area (Å²) in [6.45, 7) is 4.19. The van der Waals surface area contributed by atoms with Gasteiger partial charge in [0.2, 0.25) is 0 Å². The second-order valence-electron chi connectivity index (χ2n) is 7.29. The van der Waals surface area contributed by atoms with E-state index in [0.29, 0.717) is 18.2 Å². The second-order valence-corrected chi connectivity index (χ2v) is 7.29. The summed E-state index contributed by atoms with van der Waals surface area (Å²) in [6.07, 6.45) is 2.63. The zero-order valence-electron chi connectivity index (χ0n) is 14.7. The van der Waals surface area contributed by atoms with E-state index in [-0.39, 0.29) is 6.42 Å². The molecule has 0 saturated carbocycles. The van der Waals surface area contributed by atoms with E-state index in [2.05, 4.69) is 20.0 Å². The summed E-state index contributed by atoms with van der Waals surface area (Å²) >= 11 is 0. The van der Waals surface area contributed by atoms with Crippen molar-refractivity contribution in [3.63, 3.8) is 0 Å². The van der Waals surface area contributed by atoms with Crippen LogP contribution in [-0.2, 0) is 0 Å². The van der Waals surface area contributed by atoms with Gasteiger partial charge in [-0.15, -0.1) is 10.2 Å². The smallest absolute Gasteiger partial charge is 0.352 e. The number of halogens is 3. The summed E-state index contributed by atoms with van der Waals surface area (Å²) in [5, 5.41) is 8.64. The van der Waals surface area contributed by atoms with E-state index in [1.807, 2.05) is 12.1 Å². The van der Waals surface area contributed by atoms with E-state index in [9.17, 15) is 13.2 Å². The predicted octanol–water partition coefficient (Wildman–Crippen LogP) is 3.82. The Balaban J connectivity index is 1.44. The van der Waals surface area contributed by atoms with E-state index >= 15 is 0 Å². The summed E-state index contributed by atoms with van der Waals surface area (Å²) in [6, 6.07) is 4.43. The number of nitrogens with zero attached hydrogens (tertiary/aromatic N) is 4. The van der Waals surface area contributed by atoms with Gasteiger partial charge in [0, 0.05) is 31.2 Å². The first-order valence-electron chi connectivity index (χ1n) is 9.31. The molecule has 3 heterocycles. The predicted molar refractivity (Wildman–Crippen MR) is 94.8 cm³/mol. The molecule has 4 nitrogen and oxygen atoms in total. The van der Waals surface area contributed by atoms with Crippen molar-refractivity contribution in [1.82, 2.24) is 15.1 Å². The van der Waals surface area contributed by atoms with Crippen LogP contribution < -0.4 is 4.90 Å². The molecule has 140 valence electrons. The first kappa shape index (κ1) is 17.5. The van der Waals surface area contributed by atoms with E-state index in [1.54, 1.807) is 0 Å². The number of aromatic nitrogens is 2. The van der Waals surface area contributed by atoms with Crippen LogP contribution in [0.15, 0.2) is 29.9 Å². The Bertz CT molecular complexity index is 708. The number of anilines is 1. The number of alkyl halides is 3. The summed E-state index contributed by atoms with van der Waals surface area (Å²) in [4.78, 5) is 4.85. The molecule has 2 aliphatic heterocycles. The van der Waals surface area contributed by atoms with Crippen molar-refractivity contribution in [2.24, 2.45) is 0 Å². The molecule has 3 aliphatic rings. The molecule has 2 saturated heterocycles. The minimum atomic E-state index is -4.24. The average Bonchev–Trinajstić information content (AvgIpc) is 2.67. The minimum Gasteiger partial charge on any atom is -0.352 e. The van der Waals surface area contributed by atoms with Gasteiger partial charge < -0.3 is 4.90 Å². The first-order chi connectivity index (χ1) is 12.5. The molecule has 2 fully saturated rings. The van der Waals surface area contributed by atoms with Crippen molar-refractivity contribution in [1.29, 1.82) is 0 Å². The standard InChI is InChI=1S/C19H23F3N4/c20-19(21,22)15-6-4-14(5-7-15)17-8-9-18(24-23-17)26-12-11-25-10-2-1-3-16(25)13-26/h4,6,8-9,16H,1-3,5,7,10-13H2/t16-/m1/s1. The van der Waals surface area contributed by atoms with E-state index in [0.717, 1.165) is 37.1 Å². The molecule has 7 heteroatoms. The number of allylic oxidation sites excluding steroid dienone is 4. The molecule has 0 radical (unpaired) electrons. The van der Waals surface area contributed by atoms with Crippen LogP contribution in [-0.4, -0.2) is 53.5 Å². The SMILES string of the molecule is FC(F)(F)C1=CC=C(c2ccc(N3CCN4CCCC[C@@H]4C3)nn2)CC1. The van der Waals surface area contributed by atoms with Crippen LogP contribution >= 0.6 is 0 Å². The minimum absolute atomic E-state index is 0.00239. The topological polar surface area (TPSA) is 32.3 Å². The van der Waals surface area contributed by atoms with Crippen LogP contribution in [0.2, 0.25) is 0 Å². The Morgan fingerprint density at radius 1 is 0.962 bits per heavy atom. The number of hydrogen-bond donors (Lipinski definition) is 0. The molecular weight excluding hydrogens is 341 g/mol. The summed E-state index contributed by atoms with van der Waals surface area (Å²) in [7, 11) is 0. The fraction of sp³-hybridized carbons (Fsp3) is 0.579. The van der Waals surface area contributed by atoms with Crippen molar-refractivity contribution < 1.29 is 13.2 Å². The first-order valence-corrected chi connectivity index (χ1v) is 9.31. The highest BCUT2D eigenvalue weighted by Gasteiger charge is 2.34. The molecule has 26 heavy (non-hydrogen) atoms. The van der Waals surface area contributed by atoms with Gasteiger partial charge in [-0.3, -0.25) is 4.90 Å². The van der Waals surface area contributed by atoms with Gasteiger partial charge >= 0.3 is 6.18 Å². The number of fused-ring (bicyclic) bond motifs is 1. The molecular formula is C19H23F3N4. The lowest BCUT2D eigenvalue weighted by molar-refractivity contribution is -0.0939. The fourth-order valence-electron chi connectivity index (χ4n) is 4.12. The Morgan fingerprint density at radius 2 is 1.85 bits per heavy atom. The lowest BCUT2D eigenvalue weighted by Gasteiger charge is -2.44. The fourth-order valence-corrected chi connectivity index (χ4v) is 4.12. The molecule has 0 amide bonds. The number of hydrogen-bond acceptors (Lipinski definition) is 4. The van der Waals surface area contributed by atoms with Gasteiger partial charge in [-0.05, 0) is 49.9 Å². The molecule has 0 spiro atoms. The molecule has 4 rings (SSSR count). The quantitative estimate of drug-likeness (QED) is 0.799. The maximum Gasteiger partial charge on any atom is 0.412 e. The maximum atomic E-state index is 12.7. The third kappa shape index (κ3) is 3.63. The monoisotopic (exact) mass is 364 g/mol. The Labute approximate surface area is 151 Å². The zero-order valence-corrected chi connectivity index (χ0v) is 14.7. The van der Waals surface area contributed by atoms with Crippen molar-refractivity contribution in [2.75, 3.05) is 31.1 Å². The maximum absolute atomic E-state index is 12.7. The van der Waals surface area contributed by atoms with Gasteiger partial charge in [0.1, 0.15) is 0 Å². The molecule has 1 aromatic heterocycles. The van der Waals surface area contributed by atoms with E-state index in [1.165, 1.54) is 31.9 Å². The van der Waals surface area contributed by atoms with E-state index in [4.69, 9.17) is 0 Å². The van der Waals surface area contributed by atoms with Gasteiger partial charge in [0.05, 0.1) is 5.69 Å². The van der Waals surface area contributed by atoms with Crippen LogP contribution in [0.5, 0.6) is 0 Å². The Hall–Kier alpha value is -1.89. The lowest BCUT2D eigenvalue weighted by Crippen LogP contribution is -2.55. The van der Waals surface area contributed by atoms with Crippen LogP contribution in [0, 0.1) is 0 Å². The van der Waals surface area contributed by atoms with Crippen LogP contribution in [0.4, 0.5) is 19.0 Å². The van der Waals surface area contributed by atoms with Crippen LogP contribution in [0.1, 0.15) is 37.8 Å². The molecule has 0 aromatic carbocycles. The van der Waals surface area contributed by atoms with Crippen molar-refractivity contribution in [3.05, 3.63) is 35.6 Å². The summed E-state index contributed by atoms with van der Waals surface area (Å²) in [5.41, 5.74) is 1.01. The van der Waals surface area contributed by atoms with Gasteiger partial charge in [-0.1, -0.05) is 18.6 Å². The largest absolute Gasteiger partial charge is 0.412 e. The molecule has 0 unspecified atom stereocenters. The Kier molecular flexibility index (Phi) is 4.73. The summed E-state index contributed by atoms with van der Waals surface area (Å²) < 4.78 is 38.1. The average molecular weight is 364 g/mol. The van der Waals surface area contributed by atoms with Crippen LogP contribution in [0.3, 0.4) is 0 Å². The molecule has 1 aromatic rings. The molecule has 0 bridgehead atoms. The number of rotatable bonds is 2. The molecule has 0 N–H and O–H groups in total. The van der Waals surface area contributed by atoms with Gasteiger partial charge in [0.15, 0.2) is 5.82 Å².